The predicted molar refractivity (Wildman–Crippen MR) is 115 cm³/mol. The lowest BCUT2D eigenvalue weighted by molar-refractivity contribution is 0.0628. The van der Waals surface area contributed by atoms with Crippen molar-refractivity contribution in [1.82, 2.24) is 4.90 Å². The number of carbonyl (C=O) groups excluding carboxylic acids is 1. The molecule has 1 N–H and O–H groups in total. The molecule has 29 heavy (non-hydrogen) atoms. The maximum Gasteiger partial charge on any atom is 0.159 e. The van der Waals surface area contributed by atoms with Crippen LogP contribution in [0.15, 0.2) is 84.9 Å². The van der Waals surface area contributed by atoms with Crippen LogP contribution in [0.1, 0.15) is 28.4 Å². The number of nitrogens with zero attached hydrogens (tertiary/aromatic N) is 1. The van der Waals surface area contributed by atoms with E-state index in [1.807, 2.05) is 36.4 Å². The number of aliphatic hydroxyl groups excluding tert-OH is 1. The molecule has 0 aliphatic rings. The number of benzene rings is 3. The summed E-state index contributed by atoms with van der Waals surface area (Å²) in [7, 11) is 0. The summed E-state index contributed by atoms with van der Waals surface area (Å²) in [6.07, 6.45) is -0.630. The van der Waals surface area contributed by atoms with Gasteiger partial charge in [0.1, 0.15) is 18.5 Å². The van der Waals surface area contributed by atoms with E-state index in [1.54, 1.807) is 24.3 Å². The number of carbonyl (C=O) groups is 1. The molecule has 4 nitrogen and oxygen atoms in total. The van der Waals surface area contributed by atoms with Crippen molar-refractivity contribution in [2.75, 3.05) is 13.2 Å². The molecule has 4 heteroatoms. The average Bonchev–Trinajstić information content (AvgIpc) is 2.74. The van der Waals surface area contributed by atoms with Crippen LogP contribution in [0.5, 0.6) is 5.75 Å². The van der Waals surface area contributed by atoms with Crippen molar-refractivity contribution in [2.24, 2.45) is 0 Å². The summed E-state index contributed by atoms with van der Waals surface area (Å²) >= 11 is 0. The Labute approximate surface area is 172 Å². The Kier molecular flexibility index (Phi) is 7.56. The SMILES string of the molecule is CC(=O)c1ccc(OCC(O)CN(Cc2ccccc2)Cc2ccccc2)cc1. The minimum Gasteiger partial charge on any atom is -0.491 e. The minimum absolute atomic E-state index is 0.0223. The molecule has 0 aromatic heterocycles. The monoisotopic (exact) mass is 389 g/mol. The third-order valence-electron chi connectivity index (χ3n) is 4.67. The molecule has 3 aromatic carbocycles. The Morgan fingerprint density at radius 1 is 0.862 bits per heavy atom. The molecule has 0 spiro atoms. The van der Waals surface area contributed by atoms with E-state index in [1.165, 1.54) is 18.1 Å². The summed E-state index contributed by atoms with van der Waals surface area (Å²) in [5.41, 5.74) is 3.06. The van der Waals surface area contributed by atoms with E-state index in [4.69, 9.17) is 4.74 Å². The lowest BCUT2D eigenvalue weighted by atomic mass is 10.1. The van der Waals surface area contributed by atoms with Crippen molar-refractivity contribution in [3.63, 3.8) is 0 Å². The lowest BCUT2D eigenvalue weighted by Gasteiger charge is -2.25. The number of hydrogen-bond acceptors (Lipinski definition) is 4. The molecule has 0 radical (unpaired) electrons. The van der Waals surface area contributed by atoms with Gasteiger partial charge in [-0.3, -0.25) is 9.69 Å². The first-order valence-corrected chi connectivity index (χ1v) is 9.82. The van der Waals surface area contributed by atoms with Crippen LogP contribution in [0.25, 0.3) is 0 Å². The maximum absolute atomic E-state index is 11.4. The maximum atomic E-state index is 11.4. The molecule has 3 aromatic rings. The normalized spacial score (nSPS) is 12.0. The van der Waals surface area contributed by atoms with Gasteiger partial charge in [0, 0.05) is 25.2 Å². The Balaban J connectivity index is 1.59. The summed E-state index contributed by atoms with van der Waals surface area (Å²) in [5, 5.41) is 10.6. The molecule has 0 aliphatic heterocycles. The molecule has 3 rings (SSSR count). The Morgan fingerprint density at radius 2 is 1.38 bits per heavy atom. The van der Waals surface area contributed by atoms with Gasteiger partial charge in [-0.2, -0.15) is 0 Å². The molecular weight excluding hydrogens is 362 g/mol. The van der Waals surface area contributed by atoms with Crippen LogP contribution in [-0.2, 0) is 13.1 Å². The highest BCUT2D eigenvalue weighted by Crippen LogP contribution is 2.14. The first-order valence-electron chi connectivity index (χ1n) is 9.82. The highest BCUT2D eigenvalue weighted by Gasteiger charge is 2.14. The van der Waals surface area contributed by atoms with Crippen molar-refractivity contribution in [1.29, 1.82) is 0 Å². The number of ether oxygens (including phenoxy) is 1. The van der Waals surface area contributed by atoms with Crippen molar-refractivity contribution < 1.29 is 14.6 Å². The van der Waals surface area contributed by atoms with Crippen molar-refractivity contribution in [3.8, 4) is 5.75 Å². The zero-order valence-corrected chi connectivity index (χ0v) is 16.7. The lowest BCUT2D eigenvalue weighted by Crippen LogP contribution is -2.35. The van der Waals surface area contributed by atoms with E-state index >= 15 is 0 Å². The summed E-state index contributed by atoms with van der Waals surface area (Å²) in [6.45, 7) is 3.72. The van der Waals surface area contributed by atoms with Crippen molar-refractivity contribution in [2.45, 2.75) is 26.1 Å². The second-order valence-corrected chi connectivity index (χ2v) is 7.19. The molecule has 1 atom stereocenters. The molecule has 0 fully saturated rings. The van der Waals surface area contributed by atoms with Crippen molar-refractivity contribution >= 4 is 5.78 Å². The van der Waals surface area contributed by atoms with Gasteiger partial charge in [-0.05, 0) is 42.3 Å². The van der Waals surface area contributed by atoms with Gasteiger partial charge in [-0.15, -0.1) is 0 Å². The molecule has 0 saturated heterocycles. The second kappa shape index (κ2) is 10.6. The fraction of sp³-hybridized carbons (Fsp3) is 0.240. The van der Waals surface area contributed by atoms with Gasteiger partial charge in [-0.1, -0.05) is 60.7 Å². The fourth-order valence-electron chi connectivity index (χ4n) is 3.20. The second-order valence-electron chi connectivity index (χ2n) is 7.19. The largest absolute Gasteiger partial charge is 0.491 e. The van der Waals surface area contributed by atoms with Crippen LogP contribution in [0.2, 0.25) is 0 Å². The van der Waals surface area contributed by atoms with Crippen LogP contribution in [-0.4, -0.2) is 35.0 Å². The Bertz CT molecular complexity index is 837. The molecule has 0 saturated carbocycles. The first kappa shape index (κ1) is 20.8. The minimum atomic E-state index is -0.630. The summed E-state index contributed by atoms with van der Waals surface area (Å²) in [6, 6.07) is 27.5. The van der Waals surface area contributed by atoms with Crippen LogP contribution in [0.4, 0.5) is 0 Å². The standard InChI is InChI=1S/C25H27NO3/c1-20(27)23-12-14-25(15-13-23)29-19-24(28)18-26(16-21-8-4-2-5-9-21)17-22-10-6-3-7-11-22/h2-15,24,28H,16-19H2,1H3. The van der Waals surface area contributed by atoms with E-state index in [0.29, 0.717) is 17.9 Å². The molecule has 0 heterocycles. The zero-order valence-electron chi connectivity index (χ0n) is 16.7. The van der Waals surface area contributed by atoms with Gasteiger partial charge < -0.3 is 9.84 Å². The Hall–Kier alpha value is -2.95. The van der Waals surface area contributed by atoms with E-state index in [-0.39, 0.29) is 12.4 Å². The number of aliphatic hydroxyl groups is 1. The van der Waals surface area contributed by atoms with Crippen LogP contribution < -0.4 is 4.74 Å². The van der Waals surface area contributed by atoms with Gasteiger partial charge in [0.25, 0.3) is 0 Å². The van der Waals surface area contributed by atoms with Crippen LogP contribution in [0.3, 0.4) is 0 Å². The average molecular weight is 389 g/mol. The highest BCUT2D eigenvalue weighted by atomic mass is 16.5. The number of rotatable bonds is 10. The molecule has 0 amide bonds. The van der Waals surface area contributed by atoms with E-state index in [0.717, 1.165) is 13.1 Å². The third-order valence-corrected chi connectivity index (χ3v) is 4.67. The number of hydrogen-bond donors (Lipinski definition) is 1. The first-order chi connectivity index (χ1) is 14.1. The molecule has 0 bridgehead atoms. The zero-order chi connectivity index (χ0) is 20.5. The summed E-state index contributed by atoms with van der Waals surface area (Å²) in [4.78, 5) is 13.6. The van der Waals surface area contributed by atoms with E-state index < -0.39 is 6.10 Å². The summed E-state index contributed by atoms with van der Waals surface area (Å²) < 4.78 is 5.72. The van der Waals surface area contributed by atoms with Gasteiger partial charge in [0.2, 0.25) is 0 Å². The summed E-state index contributed by atoms with van der Waals surface area (Å²) in [5.74, 6) is 0.667. The van der Waals surface area contributed by atoms with E-state index in [2.05, 4.69) is 29.2 Å². The van der Waals surface area contributed by atoms with Gasteiger partial charge in [0.15, 0.2) is 5.78 Å². The molecule has 1 unspecified atom stereocenters. The molecule has 0 aliphatic carbocycles. The van der Waals surface area contributed by atoms with Gasteiger partial charge in [0.05, 0.1) is 0 Å². The van der Waals surface area contributed by atoms with Crippen molar-refractivity contribution in [3.05, 3.63) is 102 Å². The van der Waals surface area contributed by atoms with Crippen LogP contribution >= 0.6 is 0 Å². The quantitative estimate of drug-likeness (QED) is 0.524. The number of ketones is 1. The number of Topliss-reactive ketones (excluding diaryl/α,β-unsaturated/α-hetero) is 1. The van der Waals surface area contributed by atoms with Crippen LogP contribution in [0, 0.1) is 0 Å². The topological polar surface area (TPSA) is 49.8 Å². The molecular formula is C25H27NO3. The molecule has 150 valence electrons. The smallest absolute Gasteiger partial charge is 0.159 e. The fourth-order valence-corrected chi connectivity index (χ4v) is 3.20. The van der Waals surface area contributed by atoms with Gasteiger partial charge in [-0.25, -0.2) is 0 Å². The van der Waals surface area contributed by atoms with Gasteiger partial charge >= 0.3 is 0 Å². The predicted octanol–water partition coefficient (Wildman–Crippen LogP) is 4.33. The Morgan fingerprint density at radius 3 is 1.86 bits per heavy atom. The highest BCUT2D eigenvalue weighted by molar-refractivity contribution is 5.94. The third kappa shape index (κ3) is 6.86. The van der Waals surface area contributed by atoms with E-state index in [9.17, 15) is 9.90 Å².